The van der Waals surface area contributed by atoms with Gasteiger partial charge < -0.3 is 10.0 Å². The number of anilines is 1. The molecule has 0 unspecified atom stereocenters. The number of nitrogens with zero attached hydrogens (tertiary/aromatic N) is 2. The second kappa shape index (κ2) is 7.12. The minimum absolute atomic E-state index is 0.145. The fourth-order valence-corrected chi connectivity index (χ4v) is 3.60. The molecule has 2 aromatic rings. The fourth-order valence-electron chi connectivity index (χ4n) is 3.41. The van der Waals surface area contributed by atoms with E-state index >= 15 is 0 Å². The number of benzene rings is 2. The average molecular weight is 395 g/mol. The summed E-state index contributed by atoms with van der Waals surface area (Å²) in [5.74, 6) is -3.15. The molecule has 2 atom stereocenters. The van der Waals surface area contributed by atoms with Crippen LogP contribution < -0.4 is 4.90 Å². The molecule has 3 rings (SSSR count). The highest BCUT2D eigenvalue weighted by Crippen LogP contribution is 2.42. The SMILES string of the molecule is N#Cc1ccc(CN2c3ccc(Cl)cc3C[C@@H](C(=O)O)[C@H]2C(F)(F)F)cc1. The van der Waals surface area contributed by atoms with Crippen molar-refractivity contribution >= 4 is 23.3 Å². The highest BCUT2D eigenvalue weighted by Gasteiger charge is 2.53. The lowest BCUT2D eigenvalue weighted by atomic mass is 9.84. The molecule has 0 spiro atoms. The number of alkyl halides is 3. The molecule has 0 amide bonds. The molecule has 1 aliphatic heterocycles. The standard InChI is InChI=1S/C19H14ClF3N2O2/c20-14-5-6-16-13(7-14)8-15(18(26)27)17(19(21,22)23)25(16)10-12-3-1-11(9-24)2-4-12/h1-7,15,17H,8,10H2,(H,26,27)/t15-,17+/m1/s1. The summed E-state index contributed by atoms with van der Waals surface area (Å²) in [6.07, 6.45) is -4.98. The van der Waals surface area contributed by atoms with E-state index in [4.69, 9.17) is 16.9 Å². The number of rotatable bonds is 3. The van der Waals surface area contributed by atoms with E-state index in [0.717, 1.165) is 4.90 Å². The lowest BCUT2D eigenvalue weighted by Crippen LogP contribution is -2.55. The molecule has 0 fully saturated rings. The second-order valence-corrected chi connectivity index (χ2v) is 6.78. The van der Waals surface area contributed by atoms with Crippen LogP contribution in [0.4, 0.5) is 18.9 Å². The molecule has 0 aromatic heterocycles. The van der Waals surface area contributed by atoms with Crippen molar-refractivity contribution < 1.29 is 23.1 Å². The normalized spacial score (nSPS) is 19.3. The molecule has 27 heavy (non-hydrogen) atoms. The van der Waals surface area contributed by atoms with Crippen LogP contribution in [0, 0.1) is 17.2 Å². The Bertz CT molecular complexity index is 907. The van der Waals surface area contributed by atoms with Crippen LogP contribution in [-0.4, -0.2) is 23.3 Å². The van der Waals surface area contributed by atoms with E-state index in [2.05, 4.69) is 0 Å². The van der Waals surface area contributed by atoms with Crippen molar-refractivity contribution in [3.8, 4) is 6.07 Å². The molecule has 2 aromatic carbocycles. The Morgan fingerprint density at radius 3 is 2.48 bits per heavy atom. The first-order valence-corrected chi connectivity index (χ1v) is 8.42. The Balaban J connectivity index is 2.09. The Kier molecular flexibility index (Phi) is 5.03. The molecule has 0 saturated carbocycles. The third-order valence-corrected chi connectivity index (χ3v) is 4.83. The summed E-state index contributed by atoms with van der Waals surface area (Å²) in [4.78, 5) is 12.7. The van der Waals surface area contributed by atoms with Crippen LogP contribution in [0.1, 0.15) is 16.7 Å². The quantitative estimate of drug-likeness (QED) is 0.837. The van der Waals surface area contributed by atoms with Crippen LogP contribution in [0.15, 0.2) is 42.5 Å². The van der Waals surface area contributed by atoms with Gasteiger partial charge in [0.2, 0.25) is 0 Å². The van der Waals surface area contributed by atoms with Gasteiger partial charge in [0, 0.05) is 17.3 Å². The second-order valence-electron chi connectivity index (χ2n) is 6.34. The van der Waals surface area contributed by atoms with E-state index in [-0.39, 0.29) is 13.0 Å². The van der Waals surface area contributed by atoms with Gasteiger partial charge in [-0.2, -0.15) is 18.4 Å². The third-order valence-electron chi connectivity index (χ3n) is 4.60. The van der Waals surface area contributed by atoms with Crippen molar-refractivity contribution in [3.05, 3.63) is 64.2 Å². The first kappa shape index (κ1) is 19.1. The smallest absolute Gasteiger partial charge is 0.409 e. The van der Waals surface area contributed by atoms with Crippen molar-refractivity contribution in [1.29, 1.82) is 5.26 Å². The summed E-state index contributed by atoms with van der Waals surface area (Å²) in [6, 6.07) is 10.4. The van der Waals surface area contributed by atoms with Crippen molar-refractivity contribution in [3.63, 3.8) is 0 Å². The average Bonchev–Trinajstić information content (AvgIpc) is 2.60. The summed E-state index contributed by atoms with van der Waals surface area (Å²) in [7, 11) is 0. The van der Waals surface area contributed by atoms with Crippen LogP contribution in [0.3, 0.4) is 0 Å². The minimum Gasteiger partial charge on any atom is -0.481 e. The van der Waals surface area contributed by atoms with Crippen LogP contribution in [-0.2, 0) is 17.8 Å². The lowest BCUT2D eigenvalue weighted by molar-refractivity contribution is -0.175. The molecule has 0 bridgehead atoms. The molecule has 1 heterocycles. The fraction of sp³-hybridized carbons (Fsp3) is 0.263. The molecule has 8 heteroatoms. The largest absolute Gasteiger partial charge is 0.481 e. The zero-order valence-corrected chi connectivity index (χ0v) is 14.6. The highest BCUT2D eigenvalue weighted by atomic mass is 35.5. The van der Waals surface area contributed by atoms with E-state index in [1.54, 1.807) is 12.1 Å². The number of aliphatic carboxylic acids is 1. The predicted molar refractivity (Wildman–Crippen MR) is 93.5 cm³/mol. The molecule has 4 nitrogen and oxygen atoms in total. The molecular formula is C19H14ClF3N2O2. The van der Waals surface area contributed by atoms with Crippen LogP contribution in [0.25, 0.3) is 0 Å². The Morgan fingerprint density at radius 2 is 1.93 bits per heavy atom. The van der Waals surface area contributed by atoms with Crippen LogP contribution in [0.5, 0.6) is 0 Å². The highest BCUT2D eigenvalue weighted by molar-refractivity contribution is 6.30. The zero-order valence-electron chi connectivity index (χ0n) is 13.9. The van der Waals surface area contributed by atoms with Gasteiger partial charge in [-0.15, -0.1) is 0 Å². The summed E-state index contributed by atoms with van der Waals surface area (Å²) in [6.45, 7) is -0.145. The van der Waals surface area contributed by atoms with Gasteiger partial charge in [0.1, 0.15) is 6.04 Å². The number of fused-ring (bicyclic) bond motifs is 1. The number of nitriles is 1. The first-order chi connectivity index (χ1) is 12.7. The Labute approximate surface area is 158 Å². The van der Waals surface area contributed by atoms with Gasteiger partial charge in [-0.05, 0) is 47.9 Å². The monoisotopic (exact) mass is 394 g/mol. The van der Waals surface area contributed by atoms with E-state index in [1.165, 1.54) is 30.3 Å². The summed E-state index contributed by atoms with van der Waals surface area (Å²) >= 11 is 5.95. The van der Waals surface area contributed by atoms with E-state index in [1.807, 2.05) is 6.07 Å². The number of carboxylic acid groups (broad SMARTS) is 1. The summed E-state index contributed by atoms with van der Waals surface area (Å²) < 4.78 is 41.5. The molecule has 0 radical (unpaired) electrons. The molecule has 0 saturated heterocycles. The van der Waals surface area contributed by atoms with Crippen molar-refractivity contribution in [2.75, 3.05) is 4.90 Å². The molecule has 140 valence electrons. The van der Waals surface area contributed by atoms with Gasteiger partial charge in [-0.25, -0.2) is 0 Å². The minimum atomic E-state index is -4.73. The number of hydrogen-bond acceptors (Lipinski definition) is 3. The summed E-state index contributed by atoms with van der Waals surface area (Å²) in [5.41, 5.74) is 1.70. The summed E-state index contributed by atoms with van der Waals surface area (Å²) in [5, 5.41) is 18.6. The number of halogens is 4. The number of hydrogen-bond donors (Lipinski definition) is 1. The zero-order chi connectivity index (χ0) is 19.8. The van der Waals surface area contributed by atoms with E-state index in [0.29, 0.717) is 27.4 Å². The van der Waals surface area contributed by atoms with Crippen molar-refractivity contribution in [2.45, 2.75) is 25.2 Å². The molecule has 0 aliphatic carbocycles. The van der Waals surface area contributed by atoms with Gasteiger partial charge >= 0.3 is 12.1 Å². The van der Waals surface area contributed by atoms with Gasteiger partial charge in [0.05, 0.1) is 17.6 Å². The first-order valence-electron chi connectivity index (χ1n) is 8.04. The van der Waals surface area contributed by atoms with Gasteiger partial charge in [-0.1, -0.05) is 23.7 Å². The van der Waals surface area contributed by atoms with Crippen LogP contribution >= 0.6 is 11.6 Å². The maximum absolute atomic E-state index is 13.8. The van der Waals surface area contributed by atoms with Crippen molar-refractivity contribution in [1.82, 2.24) is 0 Å². The lowest BCUT2D eigenvalue weighted by Gasteiger charge is -2.43. The number of carboxylic acids is 1. The molecule has 1 N–H and O–H groups in total. The molecule has 1 aliphatic rings. The third kappa shape index (κ3) is 3.86. The maximum Gasteiger partial charge on any atom is 0.409 e. The predicted octanol–water partition coefficient (Wildman–Crippen LogP) is 4.41. The van der Waals surface area contributed by atoms with Gasteiger partial charge in [-0.3, -0.25) is 4.79 Å². The Morgan fingerprint density at radius 1 is 1.26 bits per heavy atom. The maximum atomic E-state index is 13.8. The van der Waals surface area contributed by atoms with Crippen LogP contribution in [0.2, 0.25) is 5.02 Å². The Hall–Kier alpha value is -2.72. The number of carbonyl (C=O) groups is 1. The van der Waals surface area contributed by atoms with E-state index < -0.39 is 24.1 Å². The van der Waals surface area contributed by atoms with Gasteiger partial charge in [0.25, 0.3) is 0 Å². The van der Waals surface area contributed by atoms with E-state index in [9.17, 15) is 23.1 Å². The van der Waals surface area contributed by atoms with Crippen molar-refractivity contribution in [2.24, 2.45) is 5.92 Å². The molecular weight excluding hydrogens is 381 g/mol. The topological polar surface area (TPSA) is 64.3 Å². The van der Waals surface area contributed by atoms with Gasteiger partial charge in [0.15, 0.2) is 0 Å².